The second-order valence-corrected chi connectivity index (χ2v) is 17.2. The van der Waals surface area contributed by atoms with E-state index in [-0.39, 0.29) is 35.9 Å². The van der Waals surface area contributed by atoms with E-state index in [0.29, 0.717) is 25.6 Å². The van der Waals surface area contributed by atoms with Crippen LogP contribution in [-0.4, -0.2) is 79.7 Å². The lowest BCUT2D eigenvalue weighted by Gasteiger charge is -2.30. The zero-order valence-electron chi connectivity index (χ0n) is 33.4. The molecule has 3 aromatic carbocycles. The van der Waals surface area contributed by atoms with Gasteiger partial charge in [-0.1, -0.05) is 45.9 Å². The lowest BCUT2D eigenvalue weighted by molar-refractivity contribution is -0.135. The van der Waals surface area contributed by atoms with E-state index in [1.165, 1.54) is 7.11 Å². The Bertz CT molecular complexity index is 2340. The number of aromatic nitrogens is 4. The normalized spacial score (nSPS) is 21.2. The Morgan fingerprint density at radius 3 is 2.38 bits per heavy atom. The van der Waals surface area contributed by atoms with Crippen molar-refractivity contribution in [2.45, 2.75) is 91.6 Å². The number of ether oxygens (including phenoxy) is 3. The zero-order valence-corrected chi connectivity index (χ0v) is 33.4. The maximum atomic E-state index is 13.8. The first-order valence-corrected chi connectivity index (χ1v) is 19.6. The fourth-order valence-corrected chi connectivity index (χ4v) is 8.54. The number of imidazole rings is 2. The molecular weight excluding hydrogens is 711 g/mol. The molecule has 0 saturated carbocycles. The fraction of sp³-hybridized carbons (Fsp3) is 0.465. The molecule has 0 spiro atoms. The Kier molecular flexibility index (Phi) is 9.45. The van der Waals surface area contributed by atoms with Crippen molar-refractivity contribution in [1.29, 1.82) is 0 Å². The van der Waals surface area contributed by atoms with Gasteiger partial charge in [0.15, 0.2) is 0 Å². The Balaban J connectivity index is 1.05. The summed E-state index contributed by atoms with van der Waals surface area (Å²) in [5.41, 5.74) is 6.18. The molecule has 3 N–H and O–H groups in total. The number of aromatic amines is 2. The molecule has 5 aromatic rings. The minimum atomic E-state index is -0.703. The predicted molar refractivity (Wildman–Crippen MR) is 213 cm³/mol. The highest BCUT2D eigenvalue weighted by molar-refractivity contribution is 6.07. The van der Waals surface area contributed by atoms with Gasteiger partial charge in [-0.3, -0.25) is 9.69 Å². The van der Waals surface area contributed by atoms with Crippen molar-refractivity contribution in [3.63, 3.8) is 0 Å². The third-order valence-electron chi connectivity index (χ3n) is 11.2. The zero-order chi connectivity index (χ0) is 39.6. The number of rotatable bonds is 6. The summed E-state index contributed by atoms with van der Waals surface area (Å²) in [4.78, 5) is 59.5. The highest BCUT2D eigenvalue weighted by atomic mass is 16.6. The molecule has 5 atom stereocenters. The van der Waals surface area contributed by atoms with Crippen molar-refractivity contribution < 1.29 is 28.6 Å². The standard InChI is InChI=1S/C43H51N7O6/c1-22(2)36(48-41(52)54-8)40(51)49-19-23(3)13-33(49)38-44-18-32(46-38)26-9-11-28-27(15-26)21-55-35-17-29-25(16-30(28)35)10-12-31-37(29)47-39(45-31)34-14-24(4)20-50(34)42(53)56-43(5,6)7/h9-12,15-18,22-24,33-34,36H,13-14,19-21H2,1-8H3,(H,44,46)(H,45,47)(H,48,52)/t23?,24-,33?,34-,36-/m0/s1. The first kappa shape index (κ1) is 37.3. The monoisotopic (exact) mass is 761 g/mol. The van der Waals surface area contributed by atoms with Crippen LogP contribution in [0.5, 0.6) is 5.75 Å². The van der Waals surface area contributed by atoms with Crippen molar-refractivity contribution in [1.82, 2.24) is 35.1 Å². The predicted octanol–water partition coefficient (Wildman–Crippen LogP) is 8.27. The van der Waals surface area contributed by atoms with Crippen LogP contribution in [0.25, 0.3) is 44.2 Å². The molecule has 3 aliphatic heterocycles. The summed E-state index contributed by atoms with van der Waals surface area (Å²) >= 11 is 0. The van der Waals surface area contributed by atoms with E-state index in [4.69, 9.17) is 24.2 Å². The molecule has 0 radical (unpaired) electrons. The molecule has 294 valence electrons. The number of H-pyrrole nitrogens is 2. The minimum absolute atomic E-state index is 0.116. The number of carbonyl (C=O) groups excluding carboxylic acids is 3. The van der Waals surface area contributed by atoms with Crippen LogP contribution in [0, 0.1) is 17.8 Å². The smallest absolute Gasteiger partial charge is 0.410 e. The molecule has 2 saturated heterocycles. The number of nitrogens with one attached hydrogen (secondary N) is 3. The van der Waals surface area contributed by atoms with Gasteiger partial charge in [0, 0.05) is 24.0 Å². The third kappa shape index (κ3) is 6.92. The van der Waals surface area contributed by atoms with E-state index in [9.17, 15) is 14.4 Å². The van der Waals surface area contributed by atoms with Crippen molar-refractivity contribution in [3.05, 3.63) is 65.9 Å². The molecule has 3 aliphatic rings. The average molecular weight is 762 g/mol. The SMILES string of the molecule is COC(=O)N[C@H](C(=O)N1CC(C)CC1c1ncc(-c2ccc3c(c2)COc2cc4c(ccc5[nH]c([C@@H]6C[C@H](C)CN6C(=O)OC(C)(C)C)nc54)cc2-3)[nH]1)C(C)C. The van der Waals surface area contributed by atoms with Crippen LogP contribution in [0.2, 0.25) is 0 Å². The molecule has 0 aliphatic carbocycles. The van der Waals surface area contributed by atoms with Crippen LogP contribution in [0.1, 0.15) is 90.6 Å². The number of likely N-dealkylation sites (tertiary alicyclic amines) is 2. The number of nitrogens with zero attached hydrogens (tertiary/aromatic N) is 4. The molecule has 8 rings (SSSR count). The van der Waals surface area contributed by atoms with Crippen molar-refractivity contribution in [3.8, 4) is 28.1 Å². The number of hydrogen-bond donors (Lipinski definition) is 3. The Hall–Kier alpha value is -5.59. The molecule has 3 amide bonds. The lowest BCUT2D eigenvalue weighted by Crippen LogP contribution is -2.51. The average Bonchev–Trinajstić information content (AvgIpc) is 3.97. The molecule has 56 heavy (non-hydrogen) atoms. The van der Waals surface area contributed by atoms with Gasteiger partial charge in [-0.25, -0.2) is 19.6 Å². The van der Waals surface area contributed by atoms with Crippen LogP contribution >= 0.6 is 0 Å². The number of carbonyl (C=O) groups is 3. The van der Waals surface area contributed by atoms with Gasteiger partial charge >= 0.3 is 12.2 Å². The van der Waals surface area contributed by atoms with E-state index in [0.717, 1.165) is 80.0 Å². The second-order valence-electron chi connectivity index (χ2n) is 17.2. The van der Waals surface area contributed by atoms with Crippen molar-refractivity contribution in [2.75, 3.05) is 20.2 Å². The summed E-state index contributed by atoms with van der Waals surface area (Å²) in [6, 6.07) is 13.6. The summed E-state index contributed by atoms with van der Waals surface area (Å²) in [7, 11) is 1.30. The Morgan fingerprint density at radius 2 is 1.66 bits per heavy atom. The van der Waals surface area contributed by atoms with E-state index in [2.05, 4.69) is 71.6 Å². The van der Waals surface area contributed by atoms with E-state index >= 15 is 0 Å². The number of methoxy groups -OCH3 is 1. The Labute approximate surface area is 326 Å². The fourth-order valence-electron chi connectivity index (χ4n) is 8.54. The summed E-state index contributed by atoms with van der Waals surface area (Å²) < 4.78 is 17.0. The second kappa shape index (κ2) is 14.2. The van der Waals surface area contributed by atoms with Gasteiger partial charge in [-0.15, -0.1) is 0 Å². The number of amides is 3. The largest absolute Gasteiger partial charge is 0.488 e. The lowest BCUT2D eigenvalue weighted by atomic mass is 9.92. The van der Waals surface area contributed by atoms with Crippen LogP contribution in [0.4, 0.5) is 9.59 Å². The molecular formula is C43H51N7O6. The molecule has 5 heterocycles. The van der Waals surface area contributed by atoms with Crippen LogP contribution in [0.15, 0.2) is 48.7 Å². The van der Waals surface area contributed by atoms with Crippen molar-refractivity contribution in [2.24, 2.45) is 17.8 Å². The van der Waals surface area contributed by atoms with Gasteiger partial charge in [0.2, 0.25) is 5.91 Å². The maximum Gasteiger partial charge on any atom is 0.410 e. The molecule has 2 aromatic heterocycles. The third-order valence-corrected chi connectivity index (χ3v) is 11.2. The highest BCUT2D eigenvalue weighted by Crippen LogP contribution is 2.44. The molecule has 2 fully saturated rings. The highest BCUT2D eigenvalue weighted by Gasteiger charge is 2.41. The first-order valence-electron chi connectivity index (χ1n) is 19.6. The van der Waals surface area contributed by atoms with Gasteiger partial charge in [0.25, 0.3) is 0 Å². The quantitative estimate of drug-likeness (QED) is 0.156. The minimum Gasteiger partial charge on any atom is -0.488 e. The maximum absolute atomic E-state index is 13.8. The number of benzene rings is 3. The Morgan fingerprint density at radius 1 is 0.929 bits per heavy atom. The summed E-state index contributed by atoms with van der Waals surface area (Å²) in [6.45, 7) is 15.4. The van der Waals surface area contributed by atoms with Crippen LogP contribution in [0.3, 0.4) is 0 Å². The topological polar surface area (TPSA) is 155 Å². The van der Waals surface area contributed by atoms with Gasteiger partial charge < -0.3 is 34.4 Å². The molecule has 13 heteroatoms. The van der Waals surface area contributed by atoms with Crippen LogP contribution < -0.4 is 10.1 Å². The molecule has 13 nitrogen and oxygen atoms in total. The van der Waals surface area contributed by atoms with Gasteiger partial charge in [0.1, 0.15) is 35.6 Å². The van der Waals surface area contributed by atoms with Crippen LogP contribution in [-0.2, 0) is 20.9 Å². The number of hydrogen-bond acceptors (Lipinski definition) is 8. The van der Waals surface area contributed by atoms with E-state index in [1.807, 2.05) is 45.7 Å². The summed E-state index contributed by atoms with van der Waals surface area (Å²) in [6.07, 6.45) is 2.45. The summed E-state index contributed by atoms with van der Waals surface area (Å²) in [5.74, 6) is 2.62. The van der Waals surface area contributed by atoms with Gasteiger partial charge in [0.05, 0.1) is 42.1 Å². The summed E-state index contributed by atoms with van der Waals surface area (Å²) in [5, 5.41) is 4.75. The van der Waals surface area contributed by atoms with E-state index in [1.54, 1.807) is 4.90 Å². The molecule has 2 unspecified atom stereocenters. The molecule has 0 bridgehead atoms. The van der Waals surface area contributed by atoms with E-state index < -0.39 is 17.7 Å². The first-order chi connectivity index (χ1) is 26.7. The van der Waals surface area contributed by atoms with Gasteiger partial charge in [-0.05, 0) is 97.7 Å². The number of fused-ring (bicyclic) bond motifs is 6. The van der Waals surface area contributed by atoms with Crippen molar-refractivity contribution >= 4 is 39.9 Å². The van der Waals surface area contributed by atoms with Gasteiger partial charge in [-0.2, -0.15) is 0 Å². The number of alkyl carbamates (subject to hydrolysis) is 1.